The van der Waals surface area contributed by atoms with Crippen LogP contribution in [0.2, 0.25) is 5.02 Å². The summed E-state index contributed by atoms with van der Waals surface area (Å²) in [5, 5.41) is 2.80. The van der Waals surface area contributed by atoms with Crippen molar-refractivity contribution in [1.82, 2.24) is 19.4 Å². The molecule has 1 aliphatic heterocycles. The van der Waals surface area contributed by atoms with Crippen molar-refractivity contribution in [3.63, 3.8) is 0 Å². The van der Waals surface area contributed by atoms with Crippen molar-refractivity contribution in [1.29, 1.82) is 0 Å². The normalized spacial score (nSPS) is 14.5. The van der Waals surface area contributed by atoms with Gasteiger partial charge in [-0.3, -0.25) is 9.59 Å². The molecule has 1 saturated heterocycles. The van der Waals surface area contributed by atoms with Gasteiger partial charge in [-0.1, -0.05) is 35.9 Å². The number of benzene rings is 2. The van der Waals surface area contributed by atoms with E-state index < -0.39 is 0 Å². The summed E-state index contributed by atoms with van der Waals surface area (Å²) in [6, 6.07) is 15.7. The van der Waals surface area contributed by atoms with E-state index in [9.17, 15) is 9.59 Å². The molecule has 1 N–H and O–H groups in total. The Bertz CT molecular complexity index is 1270. The topological polar surface area (TPSA) is 61.3 Å². The SMILES string of the molecule is O=C(Cc1c[nH]c2ccccc12)N1CCN(C(=O)Cn2ccc3ccc(Cl)cc32)CC1. The minimum atomic E-state index is 0.0567. The average Bonchev–Trinajstić information content (AvgIpc) is 3.38. The van der Waals surface area contributed by atoms with Crippen molar-refractivity contribution in [3.05, 3.63) is 71.5 Å². The number of hydrogen-bond donors (Lipinski definition) is 1. The van der Waals surface area contributed by atoms with Crippen LogP contribution >= 0.6 is 11.6 Å². The average molecular weight is 435 g/mol. The van der Waals surface area contributed by atoms with E-state index in [4.69, 9.17) is 11.6 Å². The smallest absolute Gasteiger partial charge is 0.242 e. The minimum absolute atomic E-state index is 0.0567. The number of rotatable bonds is 4. The summed E-state index contributed by atoms with van der Waals surface area (Å²) in [4.78, 5) is 32.6. The highest BCUT2D eigenvalue weighted by Crippen LogP contribution is 2.21. The van der Waals surface area contributed by atoms with Crippen LogP contribution in [0.5, 0.6) is 0 Å². The number of halogens is 1. The highest BCUT2D eigenvalue weighted by atomic mass is 35.5. The first-order valence-corrected chi connectivity index (χ1v) is 10.8. The van der Waals surface area contributed by atoms with Crippen molar-refractivity contribution in [2.75, 3.05) is 26.2 Å². The van der Waals surface area contributed by atoms with E-state index >= 15 is 0 Å². The highest BCUT2D eigenvalue weighted by molar-refractivity contribution is 6.31. The quantitative estimate of drug-likeness (QED) is 0.532. The fourth-order valence-corrected chi connectivity index (χ4v) is 4.46. The molecule has 2 aromatic carbocycles. The first kappa shape index (κ1) is 19.7. The van der Waals surface area contributed by atoms with Crippen LogP contribution in [0.25, 0.3) is 21.8 Å². The van der Waals surface area contributed by atoms with Crippen LogP contribution in [0.15, 0.2) is 60.9 Å². The number of fused-ring (bicyclic) bond motifs is 2. The zero-order chi connectivity index (χ0) is 21.4. The number of H-pyrrole nitrogens is 1. The third kappa shape index (κ3) is 3.91. The minimum Gasteiger partial charge on any atom is -0.361 e. The van der Waals surface area contributed by atoms with Gasteiger partial charge in [0.2, 0.25) is 11.8 Å². The van der Waals surface area contributed by atoms with Crippen molar-refractivity contribution in [3.8, 4) is 0 Å². The Kier molecular flexibility index (Phi) is 5.16. The number of para-hydroxylation sites is 1. The molecule has 5 rings (SSSR count). The van der Waals surface area contributed by atoms with Gasteiger partial charge in [0.25, 0.3) is 0 Å². The van der Waals surface area contributed by atoms with E-state index in [-0.39, 0.29) is 18.4 Å². The summed E-state index contributed by atoms with van der Waals surface area (Å²) < 4.78 is 1.93. The second-order valence-electron chi connectivity index (χ2n) is 7.94. The second-order valence-corrected chi connectivity index (χ2v) is 8.38. The lowest BCUT2D eigenvalue weighted by atomic mass is 10.1. The number of carbonyl (C=O) groups excluding carboxylic acids is 2. The molecular weight excluding hydrogens is 412 g/mol. The molecule has 1 fully saturated rings. The molecule has 0 aliphatic carbocycles. The molecule has 0 radical (unpaired) electrons. The van der Waals surface area contributed by atoms with Crippen LogP contribution in [0.1, 0.15) is 5.56 Å². The number of amides is 2. The van der Waals surface area contributed by atoms with Gasteiger partial charge in [-0.05, 0) is 35.2 Å². The maximum atomic E-state index is 12.8. The summed E-state index contributed by atoms with van der Waals surface area (Å²) >= 11 is 6.11. The number of carbonyl (C=O) groups is 2. The first-order chi connectivity index (χ1) is 15.1. The predicted octanol–water partition coefficient (Wildman–Crippen LogP) is 3.69. The van der Waals surface area contributed by atoms with Crippen LogP contribution in [0, 0.1) is 0 Å². The zero-order valence-corrected chi connectivity index (χ0v) is 17.8. The Morgan fingerprint density at radius 2 is 1.68 bits per heavy atom. The molecule has 7 heteroatoms. The number of nitrogens with one attached hydrogen (secondary N) is 1. The van der Waals surface area contributed by atoms with Gasteiger partial charge >= 0.3 is 0 Å². The van der Waals surface area contributed by atoms with E-state index in [1.165, 1.54) is 0 Å². The maximum Gasteiger partial charge on any atom is 0.242 e. The molecule has 6 nitrogen and oxygen atoms in total. The Labute approximate surface area is 185 Å². The Hall–Kier alpha value is -3.25. The number of aromatic nitrogens is 2. The van der Waals surface area contributed by atoms with E-state index in [0.29, 0.717) is 37.6 Å². The largest absolute Gasteiger partial charge is 0.361 e. The van der Waals surface area contributed by atoms with Crippen LogP contribution in [-0.2, 0) is 22.6 Å². The molecule has 0 atom stereocenters. The second kappa shape index (κ2) is 8.12. The van der Waals surface area contributed by atoms with Crippen LogP contribution in [0.4, 0.5) is 0 Å². The highest BCUT2D eigenvalue weighted by Gasteiger charge is 2.25. The lowest BCUT2D eigenvalue weighted by molar-refractivity contribution is -0.139. The molecule has 0 unspecified atom stereocenters. The van der Waals surface area contributed by atoms with Crippen LogP contribution in [-0.4, -0.2) is 57.3 Å². The lowest BCUT2D eigenvalue weighted by Gasteiger charge is -2.35. The fraction of sp³-hybridized carbons (Fsp3) is 0.250. The molecule has 2 amide bonds. The monoisotopic (exact) mass is 434 g/mol. The van der Waals surface area contributed by atoms with E-state index in [1.54, 1.807) is 0 Å². The number of aromatic amines is 1. The molecule has 1 aliphatic rings. The summed E-state index contributed by atoms with van der Waals surface area (Å²) in [7, 11) is 0. The van der Waals surface area contributed by atoms with E-state index in [0.717, 1.165) is 27.4 Å². The van der Waals surface area contributed by atoms with Crippen molar-refractivity contribution < 1.29 is 9.59 Å². The lowest BCUT2D eigenvalue weighted by Crippen LogP contribution is -2.51. The van der Waals surface area contributed by atoms with Gasteiger partial charge in [-0.25, -0.2) is 0 Å². The van der Waals surface area contributed by atoms with Crippen LogP contribution in [0.3, 0.4) is 0 Å². The summed E-state index contributed by atoms with van der Waals surface area (Å²) in [5.41, 5.74) is 3.00. The Balaban J connectivity index is 1.19. The molecule has 0 bridgehead atoms. The third-order valence-corrected chi connectivity index (χ3v) is 6.28. The van der Waals surface area contributed by atoms with Gasteiger partial charge < -0.3 is 19.4 Å². The predicted molar refractivity (Wildman–Crippen MR) is 122 cm³/mol. The van der Waals surface area contributed by atoms with E-state index in [1.807, 2.05) is 75.3 Å². The van der Waals surface area contributed by atoms with Crippen LogP contribution < -0.4 is 0 Å². The van der Waals surface area contributed by atoms with Gasteiger partial charge in [0.1, 0.15) is 6.54 Å². The number of piperazine rings is 1. The summed E-state index contributed by atoms with van der Waals surface area (Å²) in [6.07, 6.45) is 4.20. The van der Waals surface area contributed by atoms with E-state index in [2.05, 4.69) is 4.98 Å². The Morgan fingerprint density at radius 3 is 2.48 bits per heavy atom. The van der Waals surface area contributed by atoms with Crippen molar-refractivity contribution >= 4 is 45.2 Å². The molecular formula is C24H23ClN4O2. The van der Waals surface area contributed by atoms with Gasteiger partial charge in [0.05, 0.1) is 6.42 Å². The molecule has 31 heavy (non-hydrogen) atoms. The first-order valence-electron chi connectivity index (χ1n) is 10.4. The molecule has 4 aromatic rings. The number of nitrogens with zero attached hydrogens (tertiary/aromatic N) is 3. The van der Waals surface area contributed by atoms with Gasteiger partial charge in [0, 0.05) is 60.0 Å². The summed E-state index contributed by atoms with van der Waals surface area (Å²) in [5.74, 6) is 0.157. The van der Waals surface area contributed by atoms with Crippen molar-refractivity contribution in [2.45, 2.75) is 13.0 Å². The molecule has 0 saturated carbocycles. The molecule has 2 aromatic heterocycles. The van der Waals surface area contributed by atoms with Crippen molar-refractivity contribution in [2.24, 2.45) is 0 Å². The Morgan fingerprint density at radius 1 is 0.935 bits per heavy atom. The molecule has 3 heterocycles. The third-order valence-electron chi connectivity index (χ3n) is 6.04. The zero-order valence-electron chi connectivity index (χ0n) is 17.1. The molecule has 158 valence electrons. The van der Waals surface area contributed by atoms with Gasteiger partial charge in [0.15, 0.2) is 0 Å². The standard InChI is InChI=1S/C24H23ClN4O2/c25-19-6-5-17-7-8-29(22(17)14-19)16-24(31)28-11-9-27(10-12-28)23(30)13-18-15-26-21-4-2-1-3-20(18)21/h1-8,14-15,26H,9-13,16H2. The molecule has 0 spiro atoms. The maximum absolute atomic E-state index is 12.8. The van der Waals surface area contributed by atoms with Gasteiger partial charge in [-0.2, -0.15) is 0 Å². The number of hydrogen-bond acceptors (Lipinski definition) is 2. The van der Waals surface area contributed by atoms with Gasteiger partial charge in [-0.15, -0.1) is 0 Å². The summed E-state index contributed by atoms with van der Waals surface area (Å²) in [6.45, 7) is 2.50. The fourth-order valence-electron chi connectivity index (χ4n) is 4.30.